The molecule has 21 heavy (non-hydrogen) atoms. The molecule has 1 aromatic carbocycles. The lowest BCUT2D eigenvalue weighted by Crippen LogP contribution is -2.27. The van der Waals surface area contributed by atoms with E-state index in [-0.39, 0.29) is 0 Å². The molecule has 2 nitrogen and oxygen atoms in total. The molecule has 2 unspecified atom stereocenters. The molecular formula is C19H26N2. The predicted molar refractivity (Wildman–Crippen MR) is 89.6 cm³/mol. The highest BCUT2D eigenvalue weighted by molar-refractivity contribution is 5.34. The summed E-state index contributed by atoms with van der Waals surface area (Å²) in [5.74, 6) is 0.346. The second-order valence-corrected chi connectivity index (χ2v) is 5.84. The summed E-state index contributed by atoms with van der Waals surface area (Å²) in [5, 5.41) is 3.70. The zero-order chi connectivity index (χ0) is 15.2. The maximum atomic E-state index is 4.54. The third kappa shape index (κ3) is 3.92. The van der Waals surface area contributed by atoms with Crippen molar-refractivity contribution in [2.75, 3.05) is 6.54 Å². The molecule has 2 aromatic rings. The molecule has 0 bridgehead atoms. The second kappa shape index (κ2) is 7.37. The standard InChI is InChI=1S/C19H26N2/c1-5-11-21-19(16(4)18-8-6-7-12-20-18)17-10-9-14(2)13-15(17)3/h6-10,12-13,16,19,21H,5,11H2,1-4H3. The van der Waals surface area contributed by atoms with E-state index < -0.39 is 0 Å². The van der Waals surface area contributed by atoms with Crippen LogP contribution in [0.25, 0.3) is 0 Å². The van der Waals surface area contributed by atoms with Crippen molar-refractivity contribution in [3.8, 4) is 0 Å². The van der Waals surface area contributed by atoms with Crippen molar-refractivity contribution in [1.29, 1.82) is 0 Å². The first-order chi connectivity index (χ1) is 10.1. The Balaban J connectivity index is 2.33. The fraction of sp³-hybridized carbons (Fsp3) is 0.421. The van der Waals surface area contributed by atoms with E-state index in [0.717, 1.165) is 18.7 Å². The Kier molecular flexibility index (Phi) is 5.51. The van der Waals surface area contributed by atoms with Gasteiger partial charge in [-0.15, -0.1) is 0 Å². The van der Waals surface area contributed by atoms with Gasteiger partial charge in [-0.25, -0.2) is 0 Å². The van der Waals surface area contributed by atoms with Gasteiger partial charge < -0.3 is 5.32 Å². The number of nitrogens with one attached hydrogen (secondary N) is 1. The van der Waals surface area contributed by atoms with Crippen LogP contribution in [0.1, 0.15) is 54.6 Å². The Morgan fingerprint density at radius 1 is 1.14 bits per heavy atom. The van der Waals surface area contributed by atoms with E-state index in [1.54, 1.807) is 0 Å². The summed E-state index contributed by atoms with van der Waals surface area (Å²) in [6, 6.07) is 13.2. The summed E-state index contributed by atoms with van der Waals surface area (Å²) in [4.78, 5) is 4.54. The minimum Gasteiger partial charge on any atom is -0.309 e. The normalized spacial score (nSPS) is 13.9. The van der Waals surface area contributed by atoms with Crippen LogP contribution in [0, 0.1) is 13.8 Å². The number of aromatic nitrogens is 1. The van der Waals surface area contributed by atoms with Crippen LogP contribution in [0.15, 0.2) is 42.6 Å². The van der Waals surface area contributed by atoms with Gasteiger partial charge in [0.15, 0.2) is 0 Å². The van der Waals surface area contributed by atoms with Gasteiger partial charge in [-0.05, 0) is 50.1 Å². The molecule has 2 atom stereocenters. The molecule has 0 saturated carbocycles. The fourth-order valence-electron chi connectivity index (χ4n) is 2.85. The lowest BCUT2D eigenvalue weighted by Gasteiger charge is -2.27. The van der Waals surface area contributed by atoms with Crippen molar-refractivity contribution in [2.24, 2.45) is 0 Å². The molecule has 0 aliphatic rings. The van der Waals surface area contributed by atoms with E-state index in [0.29, 0.717) is 12.0 Å². The van der Waals surface area contributed by atoms with Crippen molar-refractivity contribution in [3.63, 3.8) is 0 Å². The summed E-state index contributed by atoms with van der Waals surface area (Å²) in [7, 11) is 0. The first kappa shape index (κ1) is 15.7. The lowest BCUT2D eigenvalue weighted by molar-refractivity contribution is 0.458. The second-order valence-electron chi connectivity index (χ2n) is 5.84. The first-order valence-corrected chi connectivity index (χ1v) is 7.85. The van der Waals surface area contributed by atoms with E-state index in [4.69, 9.17) is 0 Å². The SMILES string of the molecule is CCCNC(c1ccc(C)cc1C)C(C)c1ccccn1. The number of hydrogen-bond acceptors (Lipinski definition) is 2. The average Bonchev–Trinajstić information content (AvgIpc) is 2.50. The summed E-state index contributed by atoms with van der Waals surface area (Å²) >= 11 is 0. The van der Waals surface area contributed by atoms with Gasteiger partial charge in [0.05, 0.1) is 0 Å². The molecule has 2 heteroatoms. The van der Waals surface area contributed by atoms with Crippen LogP contribution in [0.5, 0.6) is 0 Å². The molecule has 1 aromatic heterocycles. The Labute approximate surface area is 128 Å². The van der Waals surface area contributed by atoms with Gasteiger partial charge in [-0.3, -0.25) is 4.98 Å². The van der Waals surface area contributed by atoms with Gasteiger partial charge in [-0.1, -0.05) is 43.7 Å². The average molecular weight is 282 g/mol. The van der Waals surface area contributed by atoms with Crippen LogP contribution in [0.4, 0.5) is 0 Å². The number of rotatable bonds is 6. The number of aryl methyl sites for hydroxylation is 2. The monoisotopic (exact) mass is 282 g/mol. The number of hydrogen-bond donors (Lipinski definition) is 1. The predicted octanol–water partition coefficient (Wildman–Crippen LogP) is 4.54. The molecule has 112 valence electrons. The van der Waals surface area contributed by atoms with Crippen LogP contribution in [-0.4, -0.2) is 11.5 Å². The summed E-state index contributed by atoms with van der Waals surface area (Å²) in [6.07, 6.45) is 3.01. The molecular weight excluding hydrogens is 256 g/mol. The van der Waals surface area contributed by atoms with E-state index in [9.17, 15) is 0 Å². The van der Waals surface area contributed by atoms with E-state index in [1.165, 1.54) is 16.7 Å². The van der Waals surface area contributed by atoms with Crippen molar-refractivity contribution in [2.45, 2.75) is 46.1 Å². The molecule has 1 N–H and O–H groups in total. The molecule has 2 rings (SSSR count). The van der Waals surface area contributed by atoms with E-state index in [1.807, 2.05) is 12.3 Å². The van der Waals surface area contributed by atoms with Gasteiger partial charge in [0.25, 0.3) is 0 Å². The van der Waals surface area contributed by atoms with Crippen molar-refractivity contribution in [3.05, 3.63) is 65.0 Å². The Morgan fingerprint density at radius 2 is 1.95 bits per heavy atom. The minimum absolute atomic E-state index is 0.306. The lowest BCUT2D eigenvalue weighted by atomic mass is 9.88. The smallest absolute Gasteiger partial charge is 0.0450 e. The third-order valence-electron chi connectivity index (χ3n) is 4.03. The van der Waals surface area contributed by atoms with E-state index in [2.05, 4.69) is 68.3 Å². The van der Waals surface area contributed by atoms with Crippen molar-refractivity contribution >= 4 is 0 Å². The highest BCUT2D eigenvalue weighted by Gasteiger charge is 2.22. The number of benzene rings is 1. The topological polar surface area (TPSA) is 24.9 Å². The van der Waals surface area contributed by atoms with Crippen molar-refractivity contribution < 1.29 is 0 Å². The highest BCUT2D eigenvalue weighted by atomic mass is 14.9. The van der Waals surface area contributed by atoms with Gasteiger partial charge in [0, 0.05) is 23.9 Å². The van der Waals surface area contributed by atoms with Gasteiger partial charge in [0.2, 0.25) is 0 Å². The van der Waals surface area contributed by atoms with Gasteiger partial charge >= 0.3 is 0 Å². The maximum Gasteiger partial charge on any atom is 0.0450 e. The highest BCUT2D eigenvalue weighted by Crippen LogP contribution is 2.31. The van der Waals surface area contributed by atoms with Gasteiger partial charge in [0.1, 0.15) is 0 Å². The number of nitrogens with zero attached hydrogens (tertiary/aromatic N) is 1. The number of pyridine rings is 1. The minimum atomic E-state index is 0.306. The Bertz CT molecular complexity index is 563. The largest absolute Gasteiger partial charge is 0.309 e. The van der Waals surface area contributed by atoms with Crippen LogP contribution >= 0.6 is 0 Å². The summed E-state index contributed by atoms with van der Waals surface area (Å²) in [5.41, 5.74) is 5.20. The molecule has 0 radical (unpaired) electrons. The Hall–Kier alpha value is -1.67. The molecule has 1 heterocycles. The van der Waals surface area contributed by atoms with Crippen LogP contribution in [-0.2, 0) is 0 Å². The summed E-state index contributed by atoms with van der Waals surface area (Å²) in [6.45, 7) is 9.84. The van der Waals surface area contributed by atoms with Crippen LogP contribution in [0.3, 0.4) is 0 Å². The molecule has 0 aliphatic carbocycles. The molecule has 0 spiro atoms. The Morgan fingerprint density at radius 3 is 2.57 bits per heavy atom. The molecule has 0 aliphatic heterocycles. The first-order valence-electron chi connectivity index (χ1n) is 7.85. The van der Waals surface area contributed by atoms with E-state index >= 15 is 0 Å². The van der Waals surface area contributed by atoms with Crippen LogP contribution < -0.4 is 5.32 Å². The molecule has 0 fully saturated rings. The summed E-state index contributed by atoms with van der Waals surface area (Å²) < 4.78 is 0. The van der Waals surface area contributed by atoms with Gasteiger partial charge in [-0.2, -0.15) is 0 Å². The molecule has 0 amide bonds. The molecule has 0 saturated heterocycles. The quantitative estimate of drug-likeness (QED) is 0.841. The maximum absolute atomic E-state index is 4.54. The van der Waals surface area contributed by atoms with Crippen LogP contribution in [0.2, 0.25) is 0 Å². The zero-order valence-corrected chi connectivity index (χ0v) is 13.6. The zero-order valence-electron chi connectivity index (χ0n) is 13.6. The third-order valence-corrected chi connectivity index (χ3v) is 4.03. The van der Waals surface area contributed by atoms with Crippen molar-refractivity contribution in [1.82, 2.24) is 10.3 Å². The fourth-order valence-corrected chi connectivity index (χ4v) is 2.85.